The molecule has 96 valence electrons. The minimum absolute atomic E-state index is 0.221. The lowest BCUT2D eigenvalue weighted by atomic mass is 10.1. The lowest BCUT2D eigenvalue weighted by Gasteiger charge is -2.04. The summed E-state index contributed by atoms with van der Waals surface area (Å²) in [5.41, 5.74) is 8.62. The van der Waals surface area contributed by atoms with Crippen LogP contribution in [0.1, 0.15) is 17.0 Å². The van der Waals surface area contributed by atoms with Gasteiger partial charge in [-0.05, 0) is 29.3 Å². The van der Waals surface area contributed by atoms with Crippen LogP contribution in [0.3, 0.4) is 0 Å². The van der Waals surface area contributed by atoms with Crippen molar-refractivity contribution >= 4 is 5.52 Å². The summed E-state index contributed by atoms with van der Waals surface area (Å²) in [7, 11) is 0. The first-order valence-electron chi connectivity index (χ1n) is 6.15. The summed E-state index contributed by atoms with van der Waals surface area (Å²) >= 11 is 0. The number of imidazole rings is 1. The number of pyridine rings is 1. The Hall–Kier alpha value is -2.20. The molecule has 19 heavy (non-hydrogen) atoms. The van der Waals surface area contributed by atoms with E-state index in [2.05, 4.69) is 4.98 Å². The first-order valence-corrected chi connectivity index (χ1v) is 6.15. The van der Waals surface area contributed by atoms with Gasteiger partial charge in [-0.15, -0.1) is 0 Å². The summed E-state index contributed by atoms with van der Waals surface area (Å²) in [5, 5.41) is 0. The van der Waals surface area contributed by atoms with E-state index in [-0.39, 0.29) is 5.82 Å². The number of halogens is 1. The number of hydrogen-bond donors (Lipinski definition) is 1. The van der Waals surface area contributed by atoms with Gasteiger partial charge < -0.3 is 10.1 Å². The highest BCUT2D eigenvalue weighted by atomic mass is 19.1. The van der Waals surface area contributed by atoms with E-state index < -0.39 is 0 Å². The van der Waals surface area contributed by atoms with Gasteiger partial charge in [0.05, 0.1) is 11.7 Å². The van der Waals surface area contributed by atoms with Gasteiger partial charge >= 0.3 is 0 Å². The molecule has 0 saturated carbocycles. The molecule has 0 radical (unpaired) electrons. The Kier molecular flexibility index (Phi) is 3.01. The lowest BCUT2D eigenvalue weighted by molar-refractivity contribution is 0.625. The Balaban J connectivity index is 2.00. The van der Waals surface area contributed by atoms with Gasteiger partial charge in [-0.1, -0.05) is 18.2 Å². The van der Waals surface area contributed by atoms with Crippen molar-refractivity contribution in [1.29, 1.82) is 0 Å². The molecule has 1 aromatic carbocycles. The highest BCUT2D eigenvalue weighted by Crippen LogP contribution is 2.14. The molecule has 0 amide bonds. The van der Waals surface area contributed by atoms with Crippen molar-refractivity contribution in [2.24, 2.45) is 5.73 Å². The highest BCUT2D eigenvalue weighted by molar-refractivity contribution is 5.47. The zero-order valence-corrected chi connectivity index (χ0v) is 10.4. The molecule has 3 nitrogen and oxygen atoms in total. The molecule has 3 aromatic rings. The summed E-state index contributed by atoms with van der Waals surface area (Å²) < 4.78 is 15.2. The summed E-state index contributed by atoms with van der Waals surface area (Å²) in [5.74, 6) is 0.664. The van der Waals surface area contributed by atoms with Crippen molar-refractivity contribution in [1.82, 2.24) is 9.38 Å². The summed E-state index contributed by atoms with van der Waals surface area (Å²) in [6, 6.07) is 10.6. The van der Waals surface area contributed by atoms with Crippen molar-refractivity contribution in [3.8, 4) is 0 Å². The minimum Gasteiger partial charge on any atom is -0.326 e. The molecular weight excluding hydrogens is 241 g/mol. The fourth-order valence-corrected chi connectivity index (χ4v) is 2.17. The molecular formula is C15H14FN3. The summed E-state index contributed by atoms with van der Waals surface area (Å²) in [4.78, 5) is 4.40. The molecule has 0 bridgehead atoms. The van der Waals surface area contributed by atoms with Crippen molar-refractivity contribution in [2.45, 2.75) is 13.0 Å². The van der Waals surface area contributed by atoms with Gasteiger partial charge in [-0.2, -0.15) is 0 Å². The minimum atomic E-state index is -0.221. The fraction of sp³-hybridized carbons (Fsp3) is 0.133. The van der Waals surface area contributed by atoms with Gasteiger partial charge in [0.2, 0.25) is 0 Å². The number of fused-ring (bicyclic) bond motifs is 1. The maximum absolute atomic E-state index is 13.2. The quantitative estimate of drug-likeness (QED) is 0.781. The Morgan fingerprint density at radius 3 is 2.84 bits per heavy atom. The average Bonchev–Trinajstić information content (AvgIpc) is 2.81. The molecule has 2 heterocycles. The fourth-order valence-electron chi connectivity index (χ4n) is 2.17. The van der Waals surface area contributed by atoms with Crippen molar-refractivity contribution in [2.75, 3.05) is 0 Å². The molecule has 0 aliphatic carbocycles. The van der Waals surface area contributed by atoms with Crippen LogP contribution in [-0.2, 0) is 13.0 Å². The number of aromatic nitrogens is 2. The van der Waals surface area contributed by atoms with Crippen molar-refractivity contribution < 1.29 is 4.39 Å². The van der Waals surface area contributed by atoms with Crippen LogP contribution in [0.4, 0.5) is 4.39 Å². The smallest absolute Gasteiger partial charge is 0.123 e. The lowest BCUT2D eigenvalue weighted by Crippen LogP contribution is -2.01. The number of rotatable bonds is 3. The van der Waals surface area contributed by atoms with Crippen LogP contribution >= 0.6 is 0 Å². The van der Waals surface area contributed by atoms with Gasteiger partial charge in [0.15, 0.2) is 0 Å². The standard InChI is InChI=1S/C15H14FN3/c16-13-3-1-2-11(6-13)7-15-18-9-14-5-4-12(8-17)10-19(14)15/h1-6,9-10H,7-8,17H2. The monoisotopic (exact) mass is 255 g/mol. The van der Waals surface area contributed by atoms with Gasteiger partial charge in [0, 0.05) is 19.2 Å². The summed E-state index contributed by atoms with van der Waals surface area (Å²) in [6.07, 6.45) is 4.39. The first-order chi connectivity index (χ1) is 9.26. The van der Waals surface area contributed by atoms with Crippen LogP contribution < -0.4 is 5.73 Å². The van der Waals surface area contributed by atoms with Gasteiger partial charge in [0.1, 0.15) is 11.6 Å². The largest absolute Gasteiger partial charge is 0.326 e. The molecule has 2 aromatic heterocycles. The van der Waals surface area contributed by atoms with Crippen LogP contribution in [0.5, 0.6) is 0 Å². The van der Waals surface area contributed by atoms with Crippen molar-refractivity contribution in [3.05, 3.63) is 71.6 Å². The molecule has 0 fully saturated rings. The molecule has 0 aliphatic rings. The average molecular weight is 255 g/mol. The number of hydrogen-bond acceptors (Lipinski definition) is 2. The summed E-state index contributed by atoms with van der Waals surface area (Å²) in [6.45, 7) is 0.494. The van der Waals surface area contributed by atoms with E-state index in [4.69, 9.17) is 5.73 Å². The second-order valence-electron chi connectivity index (χ2n) is 4.52. The zero-order chi connectivity index (χ0) is 13.2. The molecule has 0 unspecified atom stereocenters. The maximum atomic E-state index is 13.2. The second kappa shape index (κ2) is 4.82. The van der Waals surface area contributed by atoms with Crippen LogP contribution in [0, 0.1) is 5.82 Å². The third-order valence-corrected chi connectivity index (χ3v) is 3.15. The van der Waals surface area contributed by atoms with Crippen molar-refractivity contribution in [3.63, 3.8) is 0 Å². The predicted molar refractivity (Wildman–Crippen MR) is 72.3 cm³/mol. The van der Waals surface area contributed by atoms with E-state index >= 15 is 0 Å². The Labute approximate surface area is 110 Å². The molecule has 0 spiro atoms. The second-order valence-corrected chi connectivity index (χ2v) is 4.52. The van der Waals surface area contributed by atoms with Crippen LogP contribution in [0.15, 0.2) is 48.8 Å². The third kappa shape index (κ3) is 2.35. The van der Waals surface area contributed by atoms with Gasteiger partial charge in [0.25, 0.3) is 0 Å². The first kappa shape index (κ1) is 11.9. The predicted octanol–water partition coefficient (Wildman–Crippen LogP) is 2.52. The molecule has 0 saturated heterocycles. The van der Waals surface area contributed by atoms with E-state index in [1.807, 2.05) is 35.0 Å². The van der Waals surface area contributed by atoms with Gasteiger partial charge in [-0.25, -0.2) is 9.37 Å². The Bertz CT molecular complexity index is 718. The molecule has 0 aliphatic heterocycles. The maximum Gasteiger partial charge on any atom is 0.123 e. The highest BCUT2D eigenvalue weighted by Gasteiger charge is 2.06. The van der Waals surface area contributed by atoms with Crippen LogP contribution in [0.2, 0.25) is 0 Å². The van der Waals surface area contributed by atoms with E-state index in [9.17, 15) is 4.39 Å². The van der Waals surface area contributed by atoms with E-state index in [1.165, 1.54) is 12.1 Å². The molecule has 0 atom stereocenters. The number of nitrogens with two attached hydrogens (primary N) is 1. The van der Waals surface area contributed by atoms with Crippen LogP contribution in [-0.4, -0.2) is 9.38 Å². The Morgan fingerprint density at radius 2 is 2.05 bits per heavy atom. The van der Waals surface area contributed by atoms with E-state index in [1.54, 1.807) is 6.07 Å². The van der Waals surface area contributed by atoms with E-state index in [0.717, 1.165) is 22.5 Å². The number of benzene rings is 1. The molecule has 3 rings (SSSR count). The third-order valence-electron chi connectivity index (χ3n) is 3.15. The molecule has 4 heteroatoms. The number of nitrogens with zero attached hydrogens (tertiary/aromatic N) is 2. The topological polar surface area (TPSA) is 43.3 Å². The SMILES string of the molecule is NCc1ccc2cnc(Cc3cccc(F)c3)n2c1. The molecule has 2 N–H and O–H groups in total. The van der Waals surface area contributed by atoms with Gasteiger partial charge in [-0.3, -0.25) is 0 Å². The normalized spacial score (nSPS) is 11.1. The van der Waals surface area contributed by atoms with Crippen LogP contribution in [0.25, 0.3) is 5.52 Å². The Morgan fingerprint density at radius 1 is 1.16 bits per heavy atom. The van der Waals surface area contributed by atoms with E-state index in [0.29, 0.717) is 13.0 Å². The zero-order valence-electron chi connectivity index (χ0n) is 10.4.